The van der Waals surface area contributed by atoms with Gasteiger partial charge in [0.1, 0.15) is 0 Å². The van der Waals surface area contributed by atoms with Gasteiger partial charge in [-0.2, -0.15) is 0 Å². The second kappa shape index (κ2) is 10.3. The van der Waals surface area contributed by atoms with Crippen LogP contribution in [0.1, 0.15) is 91.4 Å². The van der Waals surface area contributed by atoms with Crippen LogP contribution in [0.5, 0.6) is 0 Å². The average molecular weight is 456 g/mol. The number of hydrogen-bond donors (Lipinski definition) is 2. The van der Waals surface area contributed by atoms with Gasteiger partial charge in [0, 0.05) is 6.42 Å². The van der Waals surface area contributed by atoms with Crippen molar-refractivity contribution in [1.29, 1.82) is 0 Å². The molecule has 176 valence electrons. The van der Waals surface area contributed by atoms with Crippen LogP contribution >= 0.6 is 0 Å². The number of amides is 1. The molecule has 5 nitrogen and oxygen atoms in total. The minimum Gasteiger partial charge on any atom is -0.548 e. The van der Waals surface area contributed by atoms with Crippen LogP contribution in [0.15, 0.2) is 0 Å². The third-order valence-electron chi connectivity index (χ3n) is 10.7. The van der Waals surface area contributed by atoms with E-state index in [4.69, 9.17) is 0 Å². The molecule has 0 heterocycles. The molecule has 4 aliphatic carbocycles. The summed E-state index contributed by atoms with van der Waals surface area (Å²) in [6.07, 6.45) is 12.2. The SMILES string of the molecule is C[C@H](CCC(=O)NCC(=O)[O-])[C@H]1CCC2C3CC[C@@H]4C[C@H](O)CC[C@]4(C)C3CC[C@@]21C.[Na+]. The van der Waals surface area contributed by atoms with E-state index in [0.29, 0.717) is 35.0 Å². The number of aliphatic hydroxyl groups is 1. The van der Waals surface area contributed by atoms with E-state index in [0.717, 1.165) is 37.0 Å². The minimum absolute atomic E-state index is 0. The van der Waals surface area contributed by atoms with Gasteiger partial charge in [-0.1, -0.05) is 20.8 Å². The summed E-state index contributed by atoms with van der Waals surface area (Å²) in [6, 6.07) is 0. The number of aliphatic carboxylic acids is 1. The Balaban J connectivity index is 0.00000289. The Morgan fingerprint density at radius 1 is 1.03 bits per heavy atom. The molecular formula is C26H42NNaO4. The van der Waals surface area contributed by atoms with Crippen molar-refractivity contribution < 1.29 is 49.4 Å². The molecule has 6 heteroatoms. The fourth-order valence-electron chi connectivity index (χ4n) is 9.03. The molecule has 4 fully saturated rings. The molecule has 2 N–H and O–H groups in total. The number of carbonyl (C=O) groups is 2. The summed E-state index contributed by atoms with van der Waals surface area (Å²) in [5.74, 6) is 2.89. The molecule has 0 aliphatic heterocycles. The molecule has 4 aliphatic rings. The Bertz CT molecular complexity index is 701. The average Bonchev–Trinajstić information content (AvgIpc) is 3.08. The molecule has 9 atom stereocenters. The second-order valence-corrected chi connectivity index (χ2v) is 12.0. The van der Waals surface area contributed by atoms with Crippen LogP contribution in [0.3, 0.4) is 0 Å². The molecule has 0 aromatic heterocycles. The first-order valence-corrected chi connectivity index (χ1v) is 12.8. The third-order valence-corrected chi connectivity index (χ3v) is 10.7. The van der Waals surface area contributed by atoms with E-state index in [2.05, 4.69) is 26.1 Å². The van der Waals surface area contributed by atoms with Gasteiger partial charge in [0.15, 0.2) is 0 Å². The molecule has 0 aromatic rings. The Morgan fingerprint density at radius 2 is 1.72 bits per heavy atom. The molecule has 0 aromatic carbocycles. The number of carboxylic acids is 1. The molecule has 0 spiro atoms. The smallest absolute Gasteiger partial charge is 0.548 e. The van der Waals surface area contributed by atoms with E-state index in [9.17, 15) is 19.8 Å². The third kappa shape index (κ3) is 4.83. The van der Waals surface area contributed by atoms with Crippen molar-refractivity contribution >= 4 is 11.9 Å². The summed E-state index contributed by atoms with van der Waals surface area (Å²) in [5.41, 5.74) is 0.795. The Labute approximate surface area is 216 Å². The van der Waals surface area contributed by atoms with E-state index in [1.54, 1.807) is 0 Å². The Morgan fingerprint density at radius 3 is 2.44 bits per heavy atom. The standard InChI is InChI=1S/C26H43NO4.Na/c1-16(4-9-23(29)27-15-24(30)31)20-7-8-21-19-6-5-17-14-18(28)10-12-25(17,2)22(19)11-13-26(20,21)3;/h16-22,28H,4-15H2,1-3H3,(H,27,29)(H,30,31);/q;+1/p-1/t16-,17-,18-,19?,20-,21?,22?,25+,26-;/m1./s1. The van der Waals surface area contributed by atoms with Crippen LogP contribution in [-0.4, -0.2) is 29.6 Å². The van der Waals surface area contributed by atoms with Crippen molar-refractivity contribution in [3.8, 4) is 0 Å². The zero-order valence-electron chi connectivity index (χ0n) is 20.7. The van der Waals surface area contributed by atoms with Gasteiger partial charge < -0.3 is 20.3 Å². The predicted octanol–water partition coefficient (Wildman–Crippen LogP) is 0.293. The van der Waals surface area contributed by atoms with Crippen LogP contribution in [0.4, 0.5) is 0 Å². The van der Waals surface area contributed by atoms with Crippen LogP contribution in [0.2, 0.25) is 0 Å². The number of nitrogens with one attached hydrogen (secondary N) is 1. The largest absolute Gasteiger partial charge is 1.00 e. The van der Waals surface area contributed by atoms with Gasteiger partial charge in [0.05, 0.1) is 18.6 Å². The Kier molecular flexibility index (Phi) is 8.49. The maximum atomic E-state index is 12.0. The van der Waals surface area contributed by atoms with Crippen molar-refractivity contribution in [1.82, 2.24) is 5.32 Å². The second-order valence-electron chi connectivity index (χ2n) is 12.0. The number of carboxylic acid groups (broad SMARTS) is 1. The van der Waals surface area contributed by atoms with Gasteiger partial charge in [-0.25, -0.2) is 0 Å². The van der Waals surface area contributed by atoms with Crippen molar-refractivity contribution in [3.05, 3.63) is 0 Å². The molecule has 1 amide bonds. The van der Waals surface area contributed by atoms with Crippen molar-refractivity contribution in [2.75, 3.05) is 6.54 Å². The summed E-state index contributed by atoms with van der Waals surface area (Å²) in [7, 11) is 0. The van der Waals surface area contributed by atoms with Gasteiger partial charge in [-0.15, -0.1) is 0 Å². The summed E-state index contributed by atoms with van der Waals surface area (Å²) >= 11 is 0. The first kappa shape index (κ1) is 26.5. The van der Waals surface area contributed by atoms with Crippen molar-refractivity contribution in [2.24, 2.45) is 46.3 Å². The van der Waals surface area contributed by atoms with Gasteiger partial charge in [0.2, 0.25) is 5.91 Å². The molecule has 4 saturated carbocycles. The molecule has 0 radical (unpaired) electrons. The van der Waals surface area contributed by atoms with E-state index in [-0.39, 0.29) is 41.6 Å². The van der Waals surface area contributed by atoms with Crippen LogP contribution < -0.4 is 40.0 Å². The van der Waals surface area contributed by atoms with E-state index in [1.165, 1.54) is 44.9 Å². The van der Waals surface area contributed by atoms with Crippen LogP contribution in [0.25, 0.3) is 0 Å². The van der Waals surface area contributed by atoms with E-state index < -0.39 is 12.5 Å². The zero-order chi connectivity index (χ0) is 22.4. The predicted molar refractivity (Wildman–Crippen MR) is 118 cm³/mol. The Hall–Kier alpha value is -0.100. The molecule has 3 unspecified atom stereocenters. The van der Waals surface area contributed by atoms with E-state index >= 15 is 0 Å². The first-order chi connectivity index (χ1) is 14.6. The number of hydrogen-bond acceptors (Lipinski definition) is 4. The summed E-state index contributed by atoms with van der Waals surface area (Å²) in [4.78, 5) is 22.5. The maximum absolute atomic E-state index is 12.0. The zero-order valence-corrected chi connectivity index (χ0v) is 22.7. The molecule has 4 rings (SSSR count). The quantitative estimate of drug-likeness (QED) is 0.564. The monoisotopic (exact) mass is 455 g/mol. The van der Waals surface area contributed by atoms with Crippen LogP contribution in [0, 0.1) is 46.3 Å². The fourth-order valence-corrected chi connectivity index (χ4v) is 9.03. The van der Waals surface area contributed by atoms with Gasteiger partial charge in [-0.05, 0) is 111 Å². The number of aliphatic hydroxyl groups excluding tert-OH is 1. The van der Waals surface area contributed by atoms with Crippen molar-refractivity contribution in [2.45, 2.75) is 97.5 Å². The summed E-state index contributed by atoms with van der Waals surface area (Å²) in [6.45, 7) is 6.99. The van der Waals surface area contributed by atoms with Gasteiger partial charge >= 0.3 is 29.6 Å². The van der Waals surface area contributed by atoms with Gasteiger partial charge in [-0.3, -0.25) is 4.79 Å². The van der Waals surface area contributed by atoms with Crippen molar-refractivity contribution in [3.63, 3.8) is 0 Å². The number of carbonyl (C=O) groups excluding carboxylic acids is 2. The summed E-state index contributed by atoms with van der Waals surface area (Å²) in [5, 5.41) is 23.2. The fraction of sp³-hybridized carbons (Fsp3) is 0.923. The van der Waals surface area contributed by atoms with E-state index in [1.807, 2.05) is 0 Å². The first-order valence-electron chi connectivity index (χ1n) is 12.8. The minimum atomic E-state index is -1.24. The molecule has 0 bridgehead atoms. The topological polar surface area (TPSA) is 89.5 Å². The normalized spacial score (nSPS) is 43.8. The summed E-state index contributed by atoms with van der Waals surface area (Å²) < 4.78 is 0. The number of fused-ring (bicyclic) bond motifs is 5. The van der Waals surface area contributed by atoms with Gasteiger partial charge in [0.25, 0.3) is 0 Å². The molecule has 0 saturated heterocycles. The maximum Gasteiger partial charge on any atom is 1.00 e. The van der Waals surface area contributed by atoms with Crippen LogP contribution in [-0.2, 0) is 9.59 Å². The molecule has 32 heavy (non-hydrogen) atoms. The number of rotatable bonds is 6. The molecular weight excluding hydrogens is 413 g/mol.